The standard InChI is InChI=1S/C44H50/c1-3-35(2)31-42(38-23-13-6-14-24-38)33-44(40-27-17-8-18-28-40)34-43(39-25-15-7-16-26-39)32-41(37-21-11-5-12-22-37)30-29-36-19-9-4-10-20-36/h4-28,35,41-44H,3,29-34H2,1-2H3/t35?,41-,42-,43+,44+/m0/s1. The van der Waals surface area contributed by atoms with E-state index < -0.39 is 0 Å². The molecule has 0 aliphatic heterocycles. The van der Waals surface area contributed by atoms with E-state index in [1.807, 2.05) is 0 Å². The summed E-state index contributed by atoms with van der Waals surface area (Å²) in [7, 11) is 0. The van der Waals surface area contributed by atoms with E-state index in [0.29, 0.717) is 29.6 Å². The Labute approximate surface area is 267 Å². The van der Waals surface area contributed by atoms with Gasteiger partial charge in [0.1, 0.15) is 0 Å². The SMILES string of the molecule is CCC(C)C[C@@H](C[C@H](C[C@@H](C[C@H](CCc1ccccc1)c1ccccc1)c1ccccc1)c1ccccc1)c1ccccc1. The molecule has 0 heteroatoms. The molecular weight excluding hydrogens is 528 g/mol. The van der Waals surface area contributed by atoms with E-state index in [2.05, 4.69) is 166 Å². The van der Waals surface area contributed by atoms with Gasteiger partial charge in [0.25, 0.3) is 0 Å². The molecule has 0 fully saturated rings. The summed E-state index contributed by atoms with van der Waals surface area (Å²) < 4.78 is 0. The zero-order chi connectivity index (χ0) is 30.4. The number of rotatable bonds is 16. The summed E-state index contributed by atoms with van der Waals surface area (Å²) in [6, 6.07) is 56.4. The van der Waals surface area contributed by atoms with Crippen LogP contribution in [0.15, 0.2) is 152 Å². The quantitative estimate of drug-likeness (QED) is 0.109. The second kappa shape index (κ2) is 16.8. The van der Waals surface area contributed by atoms with Gasteiger partial charge in [0.2, 0.25) is 0 Å². The molecule has 0 saturated carbocycles. The fourth-order valence-corrected chi connectivity index (χ4v) is 7.09. The highest BCUT2D eigenvalue weighted by atomic mass is 14.3. The van der Waals surface area contributed by atoms with E-state index in [9.17, 15) is 0 Å². The number of hydrogen-bond acceptors (Lipinski definition) is 0. The van der Waals surface area contributed by atoms with Crippen LogP contribution in [0.4, 0.5) is 0 Å². The van der Waals surface area contributed by atoms with Gasteiger partial charge in [-0.1, -0.05) is 172 Å². The Morgan fingerprint density at radius 1 is 0.386 bits per heavy atom. The predicted molar refractivity (Wildman–Crippen MR) is 189 cm³/mol. The zero-order valence-corrected chi connectivity index (χ0v) is 26.8. The van der Waals surface area contributed by atoms with Crippen LogP contribution in [0.3, 0.4) is 0 Å². The van der Waals surface area contributed by atoms with Crippen LogP contribution in [0.2, 0.25) is 0 Å². The number of aryl methyl sites for hydroxylation is 1. The highest BCUT2D eigenvalue weighted by Crippen LogP contribution is 2.43. The molecule has 0 bridgehead atoms. The summed E-state index contributed by atoms with van der Waals surface area (Å²) in [5.41, 5.74) is 7.36. The van der Waals surface area contributed by atoms with Gasteiger partial charge in [-0.25, -0.2) is 0 Å². The van der Waals surface area contributed by atoms with Crippen molar-refractivity contribution in [3.05, 3.63) is 179 Å². The summed E-state index contributed by atoms with van der Waals surface area (Å²) in [5, 5.41) is 0. The third kappa shape index (κ3) is 9.30. The molecule has 1 unspecified atom stereocenters. The van der Waals surface area contributed by atoms with Crippen LogP contribution >= 0.6 is 0 Å². The Balaban J connectivity index is 1.47. The van der Waals surface area contributed by atoms with Crippen LogP contribution in [-0.4, -0.2) is 0 Å². The van der Waals surface area contributed by atoms with Crippen LogP contribution in [0.1, 0.15) is 104 Å². The Kier molecular flexibility index (Phi) is 12.0. The Morgan fingerprint density at radius 3 is 1.09 bits per heavy atom. The topological polar surface area (TPSA) is 0 Å². The summed E-state index contributed by atoms with van der Waals surface area (Å²) in [5.74, 6) is 2.73. The zero-order valence-electron chi connectivity index (χ0n) is 26.8. The van der Waals surface area contributed by atoms with Crippen LogP contribution in [-0.2, 0) is 6.42 Å². The largest absolute Gasteiger partial charge is 0.0651 e. The van der Waals surface area contributed by atoms with Crippen LogP contribution in [0.5, 0.6) is 0 Å². The van der Waals surface area contributed by atoms with Gasteiger partial charge < -0.3 is 0 Å². The van der Waals surface area contributed by atoms with Gasteiger partial charge in [-0.15, -0.1) is 0 Å². The lowest BCUT2D eigenvalue weighted by molar-refractivity contribution is 0.380. The molecule has 5 aromatic rings. The van der Waals surface area contributed by atoms with Crippen LogP contribution in [0.25, 0.3) is 0 Å². The van der Waals surface area contributed by atoms with Crippen molar-refractivity contribution in [2.75, 3.05) is 0 Å². The van der Waals surface area contributed by atoms with E-state index in [1.165, 1.54) is 47.1 Å². The van der Waals surface area contributed by atoms with Crippen molar-refractivity contribution < 1.29 is 0 Å². The van der Waals surface area contributed by atoms with Crippen molar-refractivity contribution in [2.45, 2.75) is 82.5 Å². The third-order valence-corrected chi connectivity index (χ3v) is 9.80. The van der Waals surface area contributed by atoms with Crippen molar-refractivity contribution in [2.24, 2.45) is 5.92 Å². The number of benzene rings is 5. The minimum atomic E-state index is 0.474. The van der Waals surface area contributed by atoms with E-state index in [4.69, 9.17) is 0 Å². The van der Waals surface area contributed by atoms with Gasteiger partial charge >= 0.3 is 0 Å². The molecule has 0 amide bonds. The monoisotopic (exact) mass is 578 g/mol. The van der Waals surface area contributed by atoms with Crippen LogP contribution < -0.4 is 0 Å². The fourth-order valence-electron chi connectivity index (χ4n) is 7.09. The molecule has 5 atom stereocenters. The highest BCUT2D eigenvalue weighted by Gasteiger charge is 2.27. The van der Waals surface area contributed by atoms with Crippen molar-refractivity contribution in [3.8, 4) is 0 Å². The van der Waals surface area contributed by atoms with Gasteiger partial charge in [0, 0.05) is 0 Å². The number of hydrogen-bond donors (Lipinski definition) is 0. The lowest BCUT2D eigenvalue weighted by Crippen LogP contribution is -2.15. The van der Waals surface area contributed by atoms with Crippen molar-refractivity contribution in [3.63, 3.8) is 0 Å². The molecule has 0 aliphatic rings. The third-order valence-electron chi connectivity index (χ3n) is 9.80. The van der Waals surface area contributed by atoms with Crippen molar-refractivity contribution in [1.82, 2.24) is 0 Å². The molecule has 0 radical (unpaired) electrons. The first kappa shape index (κ1) is 31.5. The molecule has 0 aromatic heterocycles. The Hall–Kier alpha value is -3.90. The highest BCUT2D eigenvalue weighted by molar-refractivity contribution is 5.28. The summed E-state index contributed by atoms with van der Waals surface area (Å²) >= 11 is 0. The van der Waals surface area contributed by atoms with E-state index in [-0.39, 0.29) is 0 Å². The maximum atomic E-state index is 2.43. The summed E-state index contributed by atoms with van der Waals surface area (Å²) in [6.07, 6.45) is 8.23. The van der Waals surface area contributed by atoms with Crippen molar-refractivity contribution >= 4 is 0 Å². The van der Waals surface area contributed by atoms with E-state index >= 15 is 0 Å². The first-order chi connectivity index (χ1) is 21.7. The second-order valence-corrected chi connectivity index (χ2v) is 12.9. The summed E-state index contributed by atoms with van der Waals surface area (Å²) in [4.78, 5) is 0. The van der Waals surface area contributed by atoms with E-state index in [1.54, 1.807) is 0 Å². The Morgan fingerprint density at radius 2 is 0.705 bits per heavy atom. The molecule has 0 spiro atoms. The molecule has 0 aliphatic carbocycles. The van der Waals surface area contributed by atoms with Crippen molar-refractivity contribution in [1.29, 1.82) is 0 Å². The van der Waals surface area contributed by atoms with E-state index in [0.717, 1.165) is 25.7 Å². The minimum Gasteiger partial charge on any atom is -0.0651 e. The molecule has 0 N–H and O–H groups in total. The first-order valence-electron chi connectivity index (χ1n) is 16.9. The average molecular weight is 579 g/mol. The lowest BCUT2D eigenvalue weighted by Gasteiger charge is -2.31. The van der Waals surface area contributed by atoms with Gasteiger partial charge in [-0.3, -0.25) is 0 Å². The van der Waals surface area contributed by atoms with Crippen LogP contribution in [0, 0.1) is 5.92 Å². The van der Waals surface area contributed by atoms with Gasteiger partial charge in [-0.2, -0.15) is 0 Å². The lowest BCUT2D eigenvalue weighted by atomic mass is 9.73. The smallest absolute Gasteiger partial charge is 0.0150 e. The molecule has 226 valence electrons. The molecule has 0 nitrogen and oxygen atoms in total. The van der Waals surface area contributed by atoms with Gasteiger partial charge in [0.05, 0.1) is 0 Å². The molecule has 44 heavy (non-hydrogen) atoms. The minimum absolute atomic E-state index is 0.474. The molecule has 5 aromatic carbocycles. The fraction of sp³-hybridized carbons (Fsp3) is 0.318. The maximum Gasteiger partial charge on any atom is -0.0150 e. The molecule has 5 rings (SSSR count). The second-order valence-electron chi connectivity index (χ2n) is 12.9. The average Bonchev–Trinajstić information content (AvgIpc) is 3.10. The normalized spacial score (nSPS) is 14.8. The first-order valence-corrected chi connectivity index (χ1v) is 16.9. The molecule has 0 heterocycles. The summed E-state index contributed by atoms with van der Waals surface area (Å²) in [6.45, 7) is 4.77. The molecule has 0 saturated heterocycles. The van der Waals surface area contributed by atoms with Gasteiger partial charge in [0.15, 0.2) is 0 Å². The predicted octanol–water partition coefficient (Wildman–Crippen LogP) is 12.4. The maximum absolute atomic E-state index is 2.43. The molecular formula is C44H50. The Bertz CT molecular complexity index is 1440. The van der Waals surface area contributed by atoms with Gasteiger partial charge in [-0.05, 0) is 95.9 Å².